The largest absolute Gasteiger partial charge is 0.293 e. The van der Waals surface area contributed by atoms with E-state index in [0.717, 1.165) is 22.7 Å². The van der Waals surface area contributed by atoms with Crippen molar-refractivity contribution in [1.29, 1.82) is 0 Å². The first kappa shape index (κ1) is 41.6. The van der Waals surface area contributed by atoms with E-state index in [1.165, 1.54) is 84.5 Å². The molecule has 2 aliphatic carbocycles. The maximum Gasteiger partial charge on any atom is 0.101 e. The summed E-state index contributed by atoms with van der Waals surface area (Å²) in [5, 5.41) is 27.0. The number of anilines is 12. The molecule has 2 aliphatic rings. The van der Waals surface area contributed by atoms with Gasteiger partial charge in [0.2, 0.25) is 0 Å². The zero-order chi connectivity index (χ0) is 45.5. The SMILES string of the molecule is c1csc(N(c2ccc3c(c2)C2(c4cc(N(c5cccs5)c5cccs5)ccc4-3)c3cc(N(c4cccs4)c4cccs4)ccc3-c3ccc(N(c4cccs4)c4cccs4)cc32)c2cccs2)c1. The van der Waals surface area contributed by atoms with Crippen molar-refractivity contribution < 1.29 is 0 Å². The Labute approximate surface area is 432 Å². The second-order valence-electron chi connectivity index (χ2n) is 16.6. The monoisotopic (exact) mass is 1030 g/mol. The van der Waals surface area contributed by atoms with Gasteiger partial charge in [0, 0.05) is 22.7 Å². The molecule has 0 unspecified atom stereocenters. The third-order valence-corrected chi connectivity index (χ3v) is 19.9. The van der Waals surface area contributed by atoms with Crippen molar-refractivity contribution in [3.05, 3.63) is 235 Å². The van der Waals surface area contributed by atoms with Gasteiger partial charge in [0.25, 0.3) is 0 Å². The molecule has 0 saturated heterocycles. The van der Waals surface area contributed by atoms with Gasteiger partial charge < -0.3 is 0 Å². The van der Waals surface area contributed by atoms with E-state index in [2.05, 4.69) is 232 Å². The van der Waals surface area contributed by atoms with Crippen LogP contribution in [0.15, 0.2) is 213 Å². The lowest BCUT2D eigenvalue weighted by Crippen LogP contribution is -2.27. The summed E-state index contributed by atoms with van der Waals surface area (Å²) in [4.78, 5) is 9.78. The molecule has 12 heteroatoms. The maximum absolute atomic E-state index is 2.52. The van der Waals surface area contributed by atoms with E-state index >= 15 is 0 Å². The standard InChI is InChI=1S/C57H36N4S8/c1-9-49(62-25-1)58(50-10-2-26-63-50)37-17-21-41-42-22-18-38(59(51-11-3-27-64-51)52-12-4-28-65-52)34-46(42)57(45(41)33-37)47-35-39(60(53-13-5-29-66-53)54-14-6-30-67-54)19-23-43(47)44-24-20-40(36-48(44)57)61(55-15-7-31-68-55)56-16-8-32-69-56/h1-36H. The average Bonchev–Trinajstić information content (AvgIpc) is 4.23. The Morgan fingerprint density at radius 1 is 0.232 bits per heavy atom. The predicted molar refractivity (Wildman–Crippen MR) is 304 cm³/mol. The summed E-state index contributed by atoms with van der Waals surface area (Å²) < 4.78 is 0. The molecule has 12 aromatic rings. The summed E-state index contributed by atoms with van der Waals surface area (Å²) in [6, 6.07) is 64.3. The summed E-state index contributed by atoms with van der Waals surface area (Å²) in [5.41, 5.74) is 14.0. The molecule has 0 radical (unpaired) electrons. The van der Waals surface area contributed by atoms with Gasteiger partial charge in [-0.1, -0.05) is 24.3 Å². The molecule has 1 spiro atoms. The molecule has 4 nitrogen and oxygen atoms in total. The normalized spacial score (nSPS) is 12.8. The summed E-state index contributed by atoms with van der Waals surface area (Å²) in [6.07, 6.45) is 0. The fraction of sp³-hybridized carbons (Fsp3) is 0.0175. The van der Waals surface area contributed by atoms with E-state index in [1.54, 1.807) is 90.7 Å². The quantitative estimate of drug-likeness (QED) is 0.121. The molecule has 0 amide bonds. The molecule has 4 aromatic carbocycles. The van der Waals surface area contributed by atoms with Crippen LogP contribution in [-0.2, 0) is 5.41 Å². The summed E-state index contributed by atoms with van der Waals surface area (Å²) in [5.74, 6) is 0. The van der Waals surface area contributed by atoms with E-state index in [1.807, 2.05) is 0 Å². The lowest BCUT2D eigenvalue weighted by atomic mass is 9.70. The van der Waals surface area contributed by atoms with Crippen LogP contribution in [0.4, 0.5) is 62.8 Å². The zero-order valence-electron chi connectivity index (χ0n) is 36.3. The molecule has 69 heavy (non-hydrogen) atoms. The highest BCUT2D eigenvalue weighted by atomic mass is 32.1. The van der Waals surface area contributed by atoms with Crippen molar-refractivity contribution in [2.75, 3.05) is 19.6 Å². The first-order valence-corrected chi connectivity index (χ1v) is 29.3. The second-order valence-corrected chi connectivity index (χ2v) is 24.0. The van der Waals surface area contributed by atoms with Gasteiger partial charge in [0.15, 0.2) is 0 Å². The molecule has 0 N–H and O–H groups in total. The molecule has 8 heterocycles. The van der Waals surface area contributed by atoms with E-state index < -0.39 is 5.41 Å². The predicted octanol–water partition coefficient (Wildman–Crippen LogP) is 20.4. The van der Waals surface area contributed by atoms with Crippen molar-refractivity contribution >= 4 is 153 Å². The number of rotatable bonds is 12. The minimum absolute atomic E-state index is 0.715. The van der Waals surface area contributed by atoms with Crippen molar-refractivity contribution in [1.82, 2.24) is 0 Å². The third-order valence-electron chi connectivity index (χ3n) is 13.1. The van der Waals surface area contributed by atoms with Crippen molar-refractivity contribution in [2.24, 2.45) is 0 Å². The van der Waals surface area contributed by atoms with Crippen LogP contribution >= 0.6 is 90.7 Å². The highest BCUT2D eigenvalue weighted by Crippen LogP contribution is 2.66. The molecule has 0 saturated carbocycles. The molecular formula is C57H36N4S8. The number of nitrogens with zero attached hydrogens (tertiary/aromatic N) is 4. The number of benzene rings is 4. The minimum Gasteiger partial charge on any atom is -0.293 e. The van der Waals surface area contributed by atoms with Crippen LogP contribution in [0.2, 0.25) is 0 Å². The fourth-order valence-electron chi connectivity index (χ4n) is 10.4. The van der Waals surface area contributed by atoms with Crippen LogP contribution in [-0.4, -0.2) is 0 Å². The van der Waals surface area contributed by atoms with E-state index in [9.17, 15) is 0 Å². The van der Waals surface area contributed by atoms with Crippen molar-refractivity contribution in [3.8, 4) is 22.3 Å². The lowest BCUT2D eigenvalue weighted by molar-refractivity contribution is 0.793. The maximum atomic E-state index is 2.52. The fourth-order valence-corrected chi connectivity index (χ4v) is 16.7. The number of fused-ring (bicyclic) bond motifs is 10. The van der Waals surface area contributed by atoms with Gasteiger partial charge in [-0.05, 0) is 233 Å². The minimum atomic E-state index is -0.715. The summed E-state index contributed by atoms with van der Waals surface area (Å²) in [6.45, 7) is 0. The van der Waals surface area contributed by atoms with Gasteiger partial charge in [0.1, 0.15) is 40.0 Å². The molecule has 0 bridgehead atoms. The van der Waals surface area contributed by atoms with Gasteiger partial charge in [-0.3, -0.25) is 19.6 Å². The molecule has 14 rings (SSSR count). The summed E-state index contributed by atoms with van der Waals surface area (Å²) in [7, 11) is 0. The van der Waals surface area contributed by atoms with Crippen LogP contribution in [0.1, 0.15) is 22.3 Å². The Bertz CT molecular complexity index is 3050. The van der Waals surface area contributed by atoms with Gasteiger partial charge in [0.05, 0.1) is 5.41 Å². The first-order chi connectivity index (χ1) is 34.2. The van der Waals surface area contributed by atoms with Crippen LogP contribution in [0, 0.1) is 0 Å². The average molecular weight is 1030 g/mol. The van der Waals surface area contributed by atoms with Gasteiger partial charge >= 0.3 is 0 Å². The van der Waals surface area contributed by atoms with Crippen LogP contribution < -0.4 is 19.6 Å². The van der Waals surface area contributed by atoms with Crippen LogP contribution in [0.5, 0.6) is 0 Å². The lowest BCUT2D eigenvalue weighted by Gasteiger charge is -2.34. The Balaban J connectivity index is 1.09. The highest BCUT2D eigenvalue weighted by Gasteiger charge is 2.53. The molecule has 0 fully saturated rings. The molecule has 332 valence electrons. The Morgan fingerprint density at radius 3 is 0.580 bits per heavy atom. The first-order valence-electron chi connectivity index (χ1n) is 22.3. The Kier molecular flexibility index (Phi) is 10.2. The number of thiophene rings is 8. The van der Waals surface area contributed by atoms with Crippen molar-refractivity contribution in [3.63, 3.8) is 0 Å². The Hall–Kier alpha value is -6.32. The van der Waals surface area contributed by atoms with E-state index in [0.29, 0.717) is 0 Å². The molecule has 0 aliphatic heterocycles. The van der Waals surface area contributed by atoms with Crippen LogP contribution in [0.3, 0.4) is 0 Å². The number of hydrogen-bond acceptors (Lipinski definition) is 12. The molecule has 0 atom stereocenters. The van der Waals surface area contributed by atoms with Gasteiger partial charge in [-0.25, -0.2) is 0 Å². The second kappa shape index (κ2) is 17.0. The van der Waals surface area contributed by atoms with Crippen molar-refractivity contribution in [2.45, 2.75) is 5.41 Å². The molecular weight excluding hydrogens is 997 g/mol. The summed E-state index contributed by atoms with van der Waals surface area (Å²) >= 11 is 14.2. The van der Waals surface area contributed by atoms with Gasteiger partial charge in [-0.2, -0.15) is 0 Å². The third kappa shape index (κ3) is 6.66. The van der Waals surface area contributed by atoms with E-state index in [-0.39, 0.29) is 0 Å². The topological polar surface area (TPSA) is 13.0 Å². The van der Waals surface area contributed by atoms with Gasteiger partial charge in [-0.15, -0.1) is 90.7 Å². The number of hydrogen-bond donors (Lipinski definition) is 0. The Morgan fingerprint density at radius 2 is 0.420 bits per heavy atom. The van der Waals surface area contributed by atoms with E-state index in [4.69, 9.17) is 0 Å². The smallest absolute Gasteiger partial charge is 0.101 e. The molecule has 8 aromatic heterocycles. The zero-order valence-corrected chi connectivity index (χ0v) is 42.9. The van der Waals surface area contributed by atoms with Crippen LogP contribution in [0.25, 0.3) is 22.3 Å². The highest BCUT2D eigenvalue weighted by molar-refractivity contribution is 7.18.